The number of anilines is 1. The van der Waals surface area contributed by atoms with Crippen LogP contribution >= 0.6 is 0 Å². The van der Waals surface area contributed by atoms with Gasteiger partial charge in [-0.15, -0.1) is 0 Å². The first-order valence-electron chi connectivity index (χ1n) is 6.61. The molecule has 0 amide bonds. The van der Waals surface area contributed by atoms with E-state index in [-0.39, 0.29) is 12.4 Å². The molecule has 0 fully saturated rings. The van der Waals surface area contributed by atoms with E-state index in [1.807, 2.05) is 44.2 Å². The zero-order chi connectivity index (χ0) is 14.5. The summed E-state index contributed by atoms with van der Waals surface area (Å²) in [5.41, 5.74) is 10.6. The van der Waals surface area contributed by atoms with E-state index in [2.05, 4.69) is 0 Å². The van der Waals surface area contributed by atoms with Gasteiger partial charge in [0.05, 0.1) is 6.42 Å². The number of aryl methyl sites for hydroxylation is 2. The van der Waals surface area contributed by atoms with Crippen LogP contribution in [0.1, 0.15) is 22.3 Å². The summed E-state index contributed by atoms with van der Waals surface area (Å²) in [7, 11) is 0. The van der Waals surface area contributed by atoms with Gasteiger partial charge in [0.25, 0.3) is 0 Å². The average Bonchev–Trinajstić information content (AvgIpc) is 2.41. The molecule has 0 radical (unpaired) electrons. The molecule has 2 aromatic rings. The second kappa shape index (κ2) is 6.24. The monoisotopic (exact) mass is 269 g/mol. The van der Waals surface area contributed by atoms with Crippen LogP contribution in [0.5, 0.6) is 0 Å². The second-order valence-electron chi connectivity index (χ2n) is 4.95. The minimum Gasteiger partial charge on any atom is -0.461 e. The summed E-state index contributed by atoms with van der Waals surface area (Å²) in [6.07, 6.45) is 0.269. The van der Waals surface area contributed by atoms with Gasteiger partial charge in [-0.3, -0.25) is 4.79 Å². The van der Waals surface area contributed by atoms with Gasteiger partial charge in [0, 0.05) is 5.69 Å². The Morgan fingerprint density at radius 3 is 2.25 bits per heavy atom. The Labute approximate surface area is 119 Å². The van der Waals surface area contributed by atoms with Gasteiger partial charge in [0.1, 0.15) is 6.61 Å². The Hall–Kier alpha value is -2.29. The van der Waals surface area contributed by atoms with Crippen LogP contribution in [-0.4, -0.2) is 5.97 Å². The maximum Gasteiger partial charge on any atom is 0.310 e. The third kappa shape index (κ3) is 3.60. The first-order valence-corrected chi connectivity index (χ1v) is 6.61. The smallest absolute Gasteiger partial charge is 0.310 e. The van der Waals surface area contributed by atoms with Crippen molar-refractivity contribution in [2.75, 3.05) is 5.73 Å². The summed E-state index contributed by atoms with van der Waals surface area (Å²) in [5.74, 6) is -0.225. The van der Waals surface area contributed by atoms with E-state index in [1.165, 1.54) is 0 Å². The van der Waals surface area contributed by atoms with Crippen LogP contribution in [0.4, 0.5) is 5.69 Å². The molecule has 0 aliphatic heterocycles. The lowest BCUT2D eigenvalue weighted by molar-refractivity contribution is -0.144. The van der Waals surface area contributed by atoms with Crippen molar-refractivity contribution < 1.29 is 9.53 Å². The van der Waals surface area contributed by atoms with Crippen LogP contribution in [0.3, 0.4) is 0 Å². The lowest BCUT2D eigenvalue weighted by Gasteiger charge is -2.10. The molecule has 0 heterocycles. The van der Waals surface area contributed by atoms with Crippen molar-refractivity contribution in [1.82, 2.24) is 0 Å². The number of ether oxygens (including phenoxy) is 1. The maximum atomic E-state index is 11.8. The van der Waals surface area contributed by atoms with Crippen LogP contribution in [0.25, 0.3) is 0 Å². The molecule has 2 aromatic carbocycles. The summed E-state index contributed by atoms with van der Waals surface area (Å²) in [4.78, 5) is 11.8. The summed E-state index contributed by atoms with van der Waals surface area (Å²) in [6.45, 7) is 4.37. The lowest BCUT2D eigenvalue weighted by Crippen LogP contribution is -2.09. The van der Waals surface area contributed by atoms with E-state index < -0.39 is 0 Å². The van der Waals surface area contributed by atoms with Crippen molar-refractivity contribution >= 4 is 11.7 Å². The van der Waals surface area contributed by atoms with Gasteiger partial charge < -0.3 is 10.5 Å². The fraction of sp³-hybridized carbons (Fsp3) is 0.235. The highest BCUT2D eigenvalue weighted by molar-refractivity contribution is 5.72. The Balaban J connectivity index is 1.94. The average molecular weight is 269 g/mol. The molecule has 0 aliphatic rings. The number of rotatable bonds is 4. The van der Waals surface area contributed by atoms with Gasteiger partial charge in [-0.2, -0.15) is 0 Å². The molecule has 3 heteroatoms. The fourth-order valence-electron chi connectivity index (χ4n) is 2.08. The Morgan fingerprint density at radius 1 is 1.05 bits per heavy atom. The van der Waals surface area contributed by atoms with Crippen LogP contribution < -0.4 is 5.73 Å². The topological polar surface area (TPSA) is 52.3 Å². The number of benzene rings is 2. The molecule has 0 saturated carbocycles. The molecule has 0 saturated heterocycles. The van der Waals surface area contributed by atoms with Crippen LogP contribution in [0, 0.1) is 13.8 Å². The zero-order valence-electron chi connectivity index (χ0n) is 11.8. The molecule has 2 rings (SSSR count). The summed E-state index contributed by atoms with van der Waals surface area (Å²) >= 11 is 0. The minimum atomic E-state index is -0.225. The van der Waals surface area contributed by atoms with Crippen molar-refractivity contribution in [3.63, 3.8) is 0 Å². The molecule has 0 unspecified atom stereocenters. The van der Waals surface area contributed by atoms with Gasteiger partial charge in [-0.25, -0.2) is 0 Å². The predicted molar refractivity (Wildman–Crippen MR) is 80.3 cm³/mol. The summed E-state index contributed by atoms with van der Waals surface area (Å²) in [5, 5.41) is 0. The quantitative estimate of drug-likeness (QED) is 0.685. The lowest BCUT2D eigenvalue weighted by atomic mass is 10.0. The SMILES string of the molecule is Cc1cccc(C)c1COC(=O)Cc1ccc(N)cc1. The van der Waals surface area contributed by atoms with Crippen molar-refractivity contribution in [1.29, 1.82) is 0 Å². The number of carbonyl (C=O) groups is 1. The van der Waals surface area contributed by atoms with E-state index >= 15 is 0 Å². The largest absolute Gasteiger partial charge is 0.461 e. The molecule has 0 spiro atoms. The molecule has 2 N–H and O–H groups in total. The zero-order valence-corrected chi connectivity index (χ0v) is 11.8. The number of nitrogen functional groups attached to an aromatic ring is 1. The Bertz CT molecular complexity index is 583. The van der Waals surface area contributed by atoms with Crippen LogP contribution in [0.2, 0.25) is 0 Å². The van der Waals surface area contributed by atoms with Crippen molar-refractivity contribution in [2.24, 2.45) is 0 Å². The number of carbonyl (C=O) groups excluding carboxylic acids is 1. The maximum absolute atomic E-state index is 11.8. The van der Waals surface area contributed by atoms with E-state index in [1.54, 1.807) is 12.1 Å². The standard InChI is InChI=1S/C17H19NO2/c1-12-4-3-5-13(2)16(12)11-20-17(19)10-14-6-8-15(18)9-7-14/h3-9H,10-11,18H2,1-2H3. The number of hydrogen-bond donors (Lipinski definition) is 1. The summed E-state index contributed by atoms with van der Waals surface area (Å²) < 4.78 is 5.35. The third-order valence-electron chi connectivity index (χ3n) is 3.35. The first kappa shape index (κ1) is 14.1. The number of esters is 1. The number of hydrogen-bond acceptors (Lipinski definition) is 3. The molecule has 0 atom stereocenters. The molecular formula is C17H19NO2. The number of nitrogens with two attached hydrogens (primary N) is 1. The Kier molecular flexibility index (Phi) is 4.41. The highest BCUT2D eigenvalue weighted by Gasteiger charge is 2.08. The minimum absolute atomic E-state index is 0.225. The van der Waals surface area contributed by atoms with Gasteiger partial charge in [-0.05, 0) is 48.2 Å². The van der Waals surface area contributed by atoms with E-state index in [0.29, 0.717) is 12.3 Å². The highest BCUT2D eigenvalue weighted by Crippen LogP contribution is 2.15. The van der Waals surface area contributed by atoms with E-state index in [9.17, 15) is 4.79 Å². The molecule has 0 aromatic heterocycles. The van der Waals surface area contributed by atoms with Gasteiger partial charge in [-0.1, -0.05) is 30.3 Å². The van der Waals surface area contributed by atoms with Gasteiger partial charge in [0.2, 0.25) is 0 Å². The van der Waals surface area contributed by atoms with Crippen LogP contribution in [0.15, 0.2) is 42.5 Å². The molecule has 0 aliphatic carbocycles. The van der Waals surface area contributed by atoms with E-state index in [4.69, 9.17) is 10.5 Å². The first-order chi connectivity index (χ1) is 9.56. The third-order valence-corrected chi connectivity index (χ3v) is 3.35. The normalized spacial score (nSPS) is 10.3. The highest BCUT2D eigenvalue weighted by atomic mass is 16.5. The van der Waals surface area contributed by atoms with Crippen molar-refractivity contribution in [3.05, 3.63) is 64.7 Å². The molecule has 104 valence electrons. The predicted octanol–water partition coefficient (Wildman–Crippen LogP) is 3.17. The van der Waals surface area contributed by atoms with Crippen LogP contribution in [-0.2, 0) is 22.6 Å². The molecule has 20 heavy (non-hydrogen) atoms. The fourth-order valence-corrected chi connectivity index (χ4v) is 2.08. The van der Waals surface area contributed by atoms with Crippen molar-refractivity contribution in [3.8, 4) is 0 Å². The van der Waals surface area contributed by atoms with Gasteiger partial charge >= 0.3 is 5.97 Å². The van der Waals surface area contributed by atoms with E-state index in [0.717, 1.165) is 22.3 Å². The van der Waals surface area contributed by atoms with Gasteiger partial charge in [0.15, 0.2) is 0 Å². The molecular weight excluding hydrogens is 250 g/mol. The second-order valence-corrected chi connectivity index (χ2v) is 4.95. The molecule has 0 bridgehead atoms. The van der Waals surface area contributed by atoms with Crippen molar-refractivity contribution in [2.45, 2.75) is 26.9 Å². The molecule has 3 nitrogen and oxygen atoms in total. The Morgan fingerprint density at radius 2 is 1.65 bits per heavy atom. The summed E-state index contributed by atoms with van der Waals surface area (Å²) in [6, 6.07) is 13.3.